The first-order valence-electron chi connectivity index (χ1n) is 9.03. The van der Waals surface area contributed by atoms with Crippen LogP contribution in [0.2, 0.25) is 0 Å². The Morgan fingerprint density at radius 1 is 1.39 bits per heavy atom. The Balaban J connectivity index is 2.06. The van der Waals surface area contributed by atoms with Crippen LogP contribution in [-0.2, 0) is 4.79 Å². The maximum Gasteiger partial charge on any atom is 0.233 e. The second-order valence-corrected chi connectivity index (χ2v) is 7.57. The summed E-state index contributed by atoms with van der Waals surface area (Å²) in [4.78, 5) is 19.3. The molecule has 0 spiro atoms. The number of amides is 1. The second-order valence-electron chi connectivity index (χ2n) is 6.46. The van der Waals surface area contributed by atoms with Crippen LogP contribution in [0.4, 0.5) is 0 Å². The molecule has 23 heavy (non-hydrogen) atoms. The summed E-state index contributed by atoms with van der Waals surface area (Å²) in [7, 11) is 0. The summed E-state index contributed by atoms with van der Waals surface area (Å²) in [5.74, 6) is 2.00. The molecule has 0 aliphatic heterocycles. The number of hydrogen-bond donors (Lipinski definition) is 0. The van der Waals surface area contributed by atoms with Crippen molar-refractivity contribution in [3.63, 3.8) is 0 Å². The van der Waals surface area contributed by atoms with Gasteiger partial charge in [0.25, 0.3) is 0 Å². The Morgan fingerprint density at radius 2 is 2.17 bits per heavy atom. The predicted octanol–water partition coefficient (Wildman–Crippen LogP) is 4.84. The van der Waals surface area contributed by atoms with Crippen LogP contribution in [0.1, 0.15) is 70.4 Å². The zero-order valence-corrected chi connectivity index (χ0v) is 15.4. The number of nitrogens with zero attached hydrogens (tertiary/aromatic N) is 2. The fraction of sp³-hybridized carbons (Fsp3) is 0.684. The van der Waals surface area contributed by atoms with Gasteiger partial charge >= 0.3 is 0 Å². The second kappa shape index (κ2) is 9.96. The largest absolute Gasteiger partial charge is 0.332 e. The molecule has 1 amide bonds. The van der Waals surface area contributed by atoms with E-state index in [2.05, 4.69) is 29.8 Å². The van der Waals surface area contributed by atoms with Crippen molar-refractivity contribution in [2.75, 3.05) is 11.5 Å². The molecule has 1 aromatic heterocycles. The quantitative estimate of drug-likeness (QED) is 0.638. The number of carbonyl (C=O) groups excluding carboxylic acids is 1. The summed E-state index contributed by atoms with van der Waals surface area (Å²) in [6.45, 7) is 4.35. The van der Waals surface area contributed by atoms with Gasteiger partial charge in [0.05, 0.1) is 11.8 Å². The van der Waals surface area contributed by atoms with E-state index < -0.39 is 0 Å². The monoisotopic (exact) mass is 334 g/mol. The summed E-state index contributed by atoms with van der Waals surface area (Å²) in [5.41, 5.74) is 1.14. The third kappa shape index (κ3) is 5.52. The lowest BCUT2D eigenvalue weighted by molar-refractivity contribution is -0.134. The highest BCUT2D eigenvalue weighted by molar-refractivity contribution is 7.99. The highest BCUT2D eigenvalue weighted by Gasteiger charge is 2.30. The van der Waals surface area contributed by atoms with E-state index in [0.717, 1.165) is 24.2 Å². The lowest BCUT2D eigenvalue weighted by atomic mass is 9.92. The average Bonchev–Trinajstić information content (AvgIpc) is 2.60. The molecule has 0 bridgehead atoms. The SMILES string of the molecule is CCCCSCC(=O)N(C1CCCCC1)C(C)c1cccnc1. The maximum atomic E-state index is 12.9. The van der Waals surface area contributed by atoms with Gasteiger partial charge in [-0.1, -0.05) is 38.7 Å². The van der Waals surface area contributed by atoms with Crippen LogP contribution in [0.25, 0.3) is 0 Å². The van der Waals surface area contributed by atoms with Crippen LogP contribution in [0, 0.1) is 0 Å². The molecule has 0 aromatic carbocycles. The van der Waals surface area contributed by atoms with Gasteiger partial charge in [-0.3, -0.25) is 9.78 Å². The van der Waals surface area contributed by atoms with Gasteiger partial charge in [0.2, 0.25) is 5.91 Å². The van der Waals surface area contributed by atoms with Crippen LogP contribution >= 0.6 is 11.8 Å². The minimum absolute atomic E-state index is 0.117. The molecule has 1 aromatic rings. The molecule has 0 saturated heterocycles. The van der Waals surface area contributed by atoms with E-state index in [1.165, 1.54) is 32.1 Å². The van der Waals surface area contributed by atoms with Gasteiger partial charge in [-0.25, -0.2) is 0 Å². The minimum atomic E-state index is 0.117. The average molecular weight is 335 g/mol. The Hall–Kier alpha value is -1.03. The normalized spacial score (nSPS) is 17.0. The molecule has 4 heteroatoms. The third-order valence-electron chi connectivity index (χ3n) is 4.71. The molecular formula is C19H30N2OS. The number of aromatic nitrogens is 1. The smallest absolute Gasteiger partial charge is 0.233 e. The molecule has 1 unspecified atom stereocenters. The highest BCUT2D eigenvalue weighted by Crippen LogP contribution is 2.30. The first-order valence-corrected chi connectivity index (χ1v) is 10.2. The van der Waals surface area contributed by atoms with Crippen LogP contribution in [-0.4, -0.2) is 33.3 Å². The lowest BCUT2D eigenvalue weighted by Crippen LogP contribution is -2.44. The van der Waals surface area contributed by atoms with E-state index in [0.29, 0.717) is 17.7 Å². The number of carbonyl (C=O) groups is 1. The molecule has 1 fully saturated rings. The number of unbranched alkanes of at least 4 members (excludes halogenated alkanes) is 1. The first-order chi connectivity index (χ1) is 11.2. The van der Waals surface area contributed by atoms with Gasteiger partial charge in [-0.15, -0.1) is 0 Å². The van der Waals surface area contributed by atoms with Crippen molar-refractivity contribution in [2.24, 2.45) is 0 Å². The topological polar surface area (TPSA) is 33.2 Å². The van der Waals surface area contributed by atoms with Crippen LogP contribution in [0.5, 0.6) is 0 Å². The molecule has 0 N–H and O–H groups in total. The molecule has 1 aliphatic rings. The molecular weight excluding hydrogens is 304 g/mol. The Morgan fingerprint density at radius 3 is 2.83 bits per heavy atom. The summed E-state index contributed by atoms with van der Waals surface area (Å²) >= 11 is 1.78. The third-order valence-corrected chi connectivity index (χ3v) is 5.74. The van der Waals surface area contributed by atoms with Crippen molar-refractivity contribution in [3.05, 3.63) is 30.1 Å². The van der Waals surface area contributed by atoms with Crippen molar-refractivity contribution < 1.29 is 4.79 Å². The van der Waals surface area contributed by atoms with Crippen LogP contribution in [0.3, 0.4) is 0 Å². The van der Waals surface area contributed by atoms with E-state index in [-0.39, 0.29) is 6.04 Å². The summed E-state index contributed by atoms with van der Waals surface area (Å²) in [6, 6.07) is 4.57. The summed E-state index contributed by atoms with van der Waals surface area (Å²) in [5, 5.41) is 0. The Labute approximate surface area is 145 Å². The van der Waals surface area contributed by atoms with Gasteiger partial charge in [0.1, 0.15) is 0 Å². The Kier molecular flexibility index (Phi) is 7.93. The van der Waals surface area contributed by atoms with Crippen LogP contribution in [0.15, 0.2) is 24.5 Å². The molecule has 1 saturated carbocycles. The molecule has 1 atom stereocenters. The van der Waals surface area contributed by atoms with Gasteiger partial charge in [-0.05, 0) is 43.6 Å². The lowest BCUT2D eigenvalue weighted by Gasteiger charge is -2.39. The fourth-order valence-electron chi connectivity index (χ4n) is 3.36. The van der Waals surface area contributed by atoms with E-state index in [9.17, 15) is 4.79 Å². The van der Waals surface area contributed by atoms with Crippen molar-refractivity contribution in [1.82, 2.24) is 9.88 Å². The van der Waals surface area contributed by atoms with Crippen molar-refractivity contribution in [3.8, 4) is 0 Å². The van der Waals surface area contributed by atoms with E-state index in [4.69, 9.17) is 0 Å². The molecule has 1 aliphatic carbocycles. The van der Waals surface area contributed by atoms with E-state index >= 15 is 0 Å². The molecule has 1 heterocycles. The maximum absolute atomic E-state index is 12.9. The molecule has 128 valence electrons. The fourth-order valence-corrected chi connectivity index (χ4v) is 4.32. The van der Waals surface area contributed by atoms with Gasteiger partial charge < -0.3 is 4.90 Å². The number of rotatable bonds is 8. The van der Waals surface area contributed by atoms with Gasteiger partial charge in [0, 0.05) is 18.4 Å². The van der Waals surface area contributed by atoms with Gasteiger partial charge in [-0.2, -0.15) is 11.8 Å². The number of thioether (sulfide) groups is 1. The minimum Gasteiger partial charge on any atom is -0.332 e. The van der Waals surface area contributed by atoms with Crippen molar-refractivity contribution in [2.45, 2.75) is 70.9 Å². The predicted molar refractivity (Wildman–Crippen MR) is 98.6 cm³/mol. The van der Waals surface area contributed by atoms with E-state index in [1.807, 2.05) is 12.3 Å². The summed E-state index contributed by atoms with van der Waals surface area (Å²) in [6.07, 6.45) is 12.2. The zero-order valence-electron chi connectivity index (χ0n) is 14.5. The highest BCUT2D eigenvalue weighted by atomic mass is 32.2. The van der Waals surface area contributed by atoms with Crippen molar-refractivity contribution >= 4 is 17.7 Å². The van der Waals surface area contributed by atoms with E-state index in [1.54, 1.807) is 18.0 Å². The Bertz CT molecular complexity index is 460. The number of pyridine rings is 1. The van der Waals surface area contributed by atoms with Crippen LogP contribution < -0.4 is 0 Å². The first kappa shape index (κ1) is 18.3. The standard InChI is InChI=1S/C19H30N2OS/c1-3-4-13-23-15-19(22)21(18-10-6-5-7-11-18)16(2)17-9-8-12-20-14-17/h8-9,12,14,16,18H,3-7,10-11,13,15H2,1-2H3. The zero-order chi connectivity index (χ0) is 16.5. The molecule has 2 rings (SSSR count). The van der Waals surface area contributed by atoms with Crippen molar-refractivity contribution in [1.29, 1.82) is 0 Å². The number of hydrogen-bond acceptors (Lipinski definition) is 3. The molecule has 0 radical (unpaired) electrons. The molecule has 3 nitrogen and oxygen atoms in total. The van der Waals surface area contributed by atoms with Gasteiger partial charge in [0.15, 0.2) is 0 Å². The summed E-state index contributed by atoms with van der Waals surface area (Å²) < 4.78 is 0.